The van der Waals surface area contributed by atoms with Crippen molar-refractivity contribution in [2.24, 2.45) is 0 Å². The molecule has 1 unspecified atom stereocenters. The van der Waals surface area contributed by atoms with Crippen LogP contribution < -0.4 is 5.32 Å². The number of hydrogen-bond acceptors (Lipinski definition) is 3. The molecule has 114 valence electrons. The highest BCUT2D eigenvalue weighted by atomic mass is 16.3. The predicted octanol–water partition coefficient (Wildman–Crippen LogP) is 2.72. The largest absolute Gasteiger partial charge is 0.396 e. The van der Waals surface area contributed by atoms with Crippen molar-refractivity contribution in [2.45, 2.75) is 83.8 Å². The monoisotopic (exact) mass is 273 g/mol. The van der Waals surface area contributed by atoms with Crippen molar-refractivity contribution in [1.82, 2.24) is 5.32 Å². The Kier molecular flexibility index (Phi) is 13.4. The number of rotatable bonds is 13. The molecule has 4 heteroatoms. The molecule has 0 bridgehead atoms. The van der Waals surface area contributed by atoms with Crippen molar-refractivity contribution in [1.29, 1.82) is 0 Å². The Morgan fingerprint density at radius 2 is 1.53 bits per heavy atom. The summed E-state index contributed by atoms with van der Waals surface area (Å²) in [7, 11) is 0. The Bertz CT molecular complexity index is 210. The Morgan fingerprint density at radius 1 is 1.00 bits per heavy atom. The van der Waals surface area contributed by atoms with Gasteiger partial charge in [0.05, 0.1) is 0 Å². The second kappa shape index (κ2) is 13.8. The standard InChI is InChI=1S/C15H31NO3/c1-2-3-4-5-6-7-8-9-10-11-14(18)16-15(19)12-13-17/h15,17,19H,2-13H2,1H3,(H,16,18). The molecule has 0 radical (unpaired) electrons. The number of hydrogen-bond donors (Lipinski definition) is 3. The van der Waals surface area contributed by atoms with Gasteiger partial charge in [-0.2, -0.15) is 0 Å². The molecule has 1 atom stereocenters. The van der Waals surface area contributed by atoms with Gasteiger partial charge < -0.3 is 15.5 Å². The van der Waals surface area contributed by atoms with Gasteiger partial charge in [-0.05, 0) is 6.42 Å². The number of carbonyl (C=O) groups excluding carboxylic acids is 1. The first-order valence-corrected chi connectivity index (χ1v) is 7.79. The summed E-state index contributed by atoms with van der Waals surface area (Å²) in [6.45, 7) is 2.11. The average molecular weight is 273 g/mol. The van der Waals surface area contributed by atoms with Crippen molar-refractivity contribution in [2.75, 3.05) is 6.61 Å². The van der Waals surface area contributed by atoms with E-state index in [0.717, 1.165) is 12.8 Å². The van der Waals surface area contributed by atoms with Crippen LogP contribution in [0.15, 0.2) is 0 Å². The Hall–Kier alpha value is -0.610. The fraction of sp³-hybridized carbons (Fsp3) is 0.933. The number of carbonyl (C=O) groups is 1. The Labute approximate surface area is 117 Å². The summed E-state index contributed by atoms with van der Waals surface area (Å²) < 4.78 is 0. The van der Waals surface area contributed by atoms with Crippen LogP contribution in [0, 0.1) is 0 Å². The lowest BCUT2D eigenvalue weighted by Gasteiger charge is -2.11. The Morgan fingerprint density at radius 3 is 2.05 bits per heavy atom. The molecule has 0 aliphatic carbocycles. The predicted molar refractivity (Wildman–Crippen MR) is 77.7 cm³/mol. The van der Waals surface area contributed by atoms with Crippen LogP contribution in [0.4, 0.5) is 0 Å². The topological polar surface area (TPSA) is 69.6 Å². The average Bonchev–Trinajstić information content (AvgIpc) is 2.37. The maximum Gasteiger partial charge on any atom is 0.221 e. The minimum atomic E-state index is -0.906. The van der Waals surface area contributed by atoms with Crippen LogP contribution in [0.3, 0.4) is 0 Å². The van der Waals surface area contributed by atoms with Crippen LogP contribution in [0.1, 0.15) is 77.6 Å². The first-order valence-electron chi connectivity index (χ1n) is 7.79. The molecule has 0 spiro atoms. The van der Waals surface area contributed by atoms with Crippen LogP contribution in [0.2, 0.25) is 0 Å². The molecule has 0 aliphatic rings. The maximum absolute atomic E-state index is 11.4. The molecule has 0 aromatic rings. The zero-order valence-corrected chi connectivity index (χ0v) is 12.4. The molecular weight excluding hydrogens is 242 g/mol. The molecular formula is C15H31NO3. The van der Waals surface area contributed by atoms with Crippen LogP contribution in [0.25, 0.3) is 0 Å². The van der Waals surface area contributed by atoms with E-state index < -0.39 is 6.23 Å². The van der Waals surface area contributed by atoms with Gasteiger partial charge in [0.15, 0.2) is 0 Å². The highest BCUT2D eigenvalue weighted by Gasteiger charge is 2.07. The summed E-state index contributed by atoms with van der Waals surface area (Å²) in [6, 6.07) is 0. The van der Waals surface area contributed by atoms with Gasteiger partial charge in [0.25, 0.3) is 0 Å². The summed E-state index contributed by atoms with van der Waals surface area (Å²) in [4.78, 5) is 11.4. The third kappa shape index (κ3) is 13.6. The van der Waals surface area contributed by atoms with Gasteiger partial charge in [0.1, 0.15) is 6.23 Å². The number of aliphatic hydroxyl groups excluding tert-OH is 2. The second-order valence-corrected chi connectivity index (χ2v) is 5.17. The van der Waals surface area contributed by atoms with Crippen LogP contribution in [-0.2, 0) is 4.79 Å². The lowest BCUT2D eigenvalue weighted by Crippen LogP contribution is -2.35. The van der Waals surface area contributed by atoms with E-state index in [1.165, 1.54) is 44.9 Å². The minimum Gasteiger partial charge on any atom is -0.396 e. The van der Waals surface area contributed by atoms with Crippen molar-refractivity contribution < 1.29 is 15.0 Å². The van der Waals surface area contributed by atoms with E-state index in [-0.39, 0.29) is 18.9 Å². The van der Waals surface area contributed by atoms with Crippen LogP contribution in [-0.4, -0.2) is 29.0 Å². The van der Waals surface area contributed by atoms with Gasteiger partial charge >= 0.3 is 0 Å². The second-order valence-electron chi connectivity index (χ2n) is 5.17. The van der Waals surface area contributed by atoms with E-state index in [0.29, 0.717) is 6.42 Å². The van der Waals surface area contributed by atoms with Gasteiger partial charge in [0, 0.05) is 19.4 Å². The summed E-state index contributed by atoms with van der Waals surface area (Å²) in [5, 5.41) is 20.3. The number of aliphatic hydroxyl groups is 2. The first-order chi connectivity index (χ1) is 9.20. The Balaban J connectivity index is 3.23. The maximum atomic E-state index is 11.4. The normalized spacial score (nSPS) is 12.4. The lowest BCUT2D eigenvalue weighted by molar-refractivity contribution is -0.124. The molecule has 0 aromatic heterocycles. The van der Waals surface area contributed by atoms with Crippen LogP contribution >= 0.6 is 0 Å². The fourth-order valence-electron chi connectivity index (χ4n) is 2.05. The van der Waals surface area contributed by atoms with Gasteiger partial charge in [-0.1, -0.05) is 58.3 Å². The van der Waals surface area contributed by atoms with E-state index >= 15 is 0 Å². The fourth-order valence-corrected chi connectivity index (χ4v) is 2.05. The minimum absolute atomic E-state index is 0.112. The summed E-state index contributed by atoms with van der Waals surface area (Å²) in [6.07, 6.45) is 10.8. The van der Waals surface area contributed by atoms with Crippen molar-refractivity contribution in [3.8, 4) is 0 Å². The van der Waals surface area contributed by atoms with Gasteiger partial charge in [-0.3, -0.25) is 4.79 Å². The molecule has 0 heterocycles. The molecule has 0 saturated heterocycles. The molecule has 0 saturated carbocycles. The molecule has 4 nitrogen and oxygen atoms in total. The molecule has 0 fully saturated rings. The van der Waals surface area contributed by atoms with Gasteiger partial charge in [0.2, 0.25) is 5.91 Å². The summed E-state index contributed by atoms with van der Waals surface area (Å²) in [5.74, 6) is -0.121. The molecule has 0 aromatic carbocycles. The SMILES string of the molecule is CCCCCCCCCCCC(=O)NC(O)CCO. The quantitative estimate of drug-likeness (QED) is 0.357. The first kappa shape index (κ1) is 18.4. The van der Waals surface area contributed by atoms with E-state index in [1.807, 2.05) is 0 Å². The summed E-state index contributed by atoms with van der Waals surface area (Å²) in [5.41, 5.74) is 0. The van der Waals surface area contributed by atoms with E-state index in [9.17, 15) is 9.90 Å². The van der Waals surface area contributed by atoms with E-state index in [4.69, 9.17) is 5.11 Å². The highest BCUT2D eigenvalue weighted by Crippen LogP contribution is 2.10. The molecule has 19 heavy (non-hydrogen) atoms. The molecule has 3 N–H and O–H groups in total. The smallest absolute Gasteiger partial charge is 0.221 e. The van der Waals surface area contributed by atoms with Crippen molar-refractivity contribution in [3.63, 3.8) is 0 Å². The van der Waals surface area contributed by atoms with Crippen molar-refractivity contribution in [3.05, 3.63) is 0 Å². The third-order valence-corrected chi connectivity index (χ3v) is 3.24. The number of unbranched alkanes of at least 4 members (excludes halogenated alkanes) is 8. The lowest BCUT2D eigenvalue weighted by atomic mass is 10.1. The zero-order chi connectivity index (χ0) is 14.3. The van der Waals surface area contributed by atoms with Gasteiger partial charge in [-0.25, -0.2) is 0 Å². The van der Waals surface area contributed by atoms with Gasteiger partial charge in [-0.15, -0.1) is 0 Å². The molecule has 0 rings (SSSR count). The number of amides is 1. The molecule has 0 aliphatic heterocycles. The van der Waals surface area contributed by atoms with Crippen LogP contribution in [0.5, 0.6) is 0 Å². The zero-order valence-electron chi connectivity index (χ0n) is 12.4. The van der Waals surface area contributed by atoms with E-state index in [1.54, 1.807) is 0 Å². The number of nitrogens with one attached hydrogen (secondary N) is 1. The summed E-state index contributed by atoms with van der Waals surface area (Å²) >= 11 is 0. The van der Waals surface area contributed by atoms with Crippen molar-refractivity contribution >= 4 is 5.91 Å². The highest BCUT2D eigenvalue weighted by molar-refractivity contribution is 5.75. The third-order valence-electron chi connectivity index (χ3n) is 3.24. The van der Waals surface area contributed by atoms with E-state index in [2.05, 4.69) is 12.2 Å². The molecule has 1 amide bonds.